The number of amides is 1. The minimum absolute atomic E-state index is 0.0969. The molecule has 1 aliphatic rings. The Morgan fingerprint density at radius 3 is 2.57 bits per heavy atom. The molecule has 0 unspecified atom stereocenters. The van der Waals surface area contributed by atoms with Gasteiger partial charge in [0, 0.05) is 50.4 Å². The van der Waals surface area contributed by atoms with Crippen LogP contribution in [-0.4, -0.2) is 55.0 Å². The highest BCUT2D eigenvalue weighted by Gasteiger charge is 2.19. The Balaban J connectivity index is 1.38. The summed E-state index contributed by atoms with van der Waals surface area (Å²) in [5, 5.41) is 13.6. The lowest BCUT2D eigenvalue weighted by atomic mass is 10.2. The molecule has 7 nitrogen and oxygen atoms in total. The average Bonchev–Trinajstić information content (AvgIpc) is 2.72. The van der Waals surface area contributed by atoms with E-state index in [2.05, 4.69) is 15.1 Å². The zero-order valence-corrected chi connectivity index (χ0v) is 15.5. The largest absolute Gasteiger partial charge is 0.367 e. The van der Waals surface area contributed by atoms with Gasteiger partial charge in [-0.15, -0.1) is 0 Å². The number of para-hydroxylation sites is 1. The average molecular weight is 386 g/mol. The van der Waals surface area contributed by atoms with Crippen LogP contribution in [0.25, 0.3) is 0 Å². The molecule has 0 spiro atoms. The molecular weight excluding hydrogens is 363 g/mol. The fraction of sp³-hybridized carbons (Fsp3) is 0.350. The van der Waals surface area contributed by atoms with Gasteiger partial charge in [-0.1, -0.05) is 18.2 Å². The molecule has 2 aromatic rings. The number of nitrogens with one attached hydrogen (secondary N) is 1. The lowest BCUT2D eigenvalue weighted by Crippen LogP contribution is -2.47. The second-order valence-electron chi connectivity index (χ2n) is 6.70. The van der Waals surface area contributed by atoms with Gasteiger partial charge in [0.05, 0.1) is 10.6 Å². The van der Waals surface area contributed by atoms with Crippen LogP contribution < -0.4 is 10.2 Å². The van der Waals surface area contributed by atoms with Crippen molar-refractivity contribution >= 4 is 17.3 Å². The first-order chi connectivity index (χ1) is 13.5. The van der Waals surface area contributed by atoms with Crippen LogP contribution in [0.1, 0.15) is 16.8 Å². The molecule has 1 heterocycles. The maximum atomic E-state index is 13.9. The van der Waals surface area contributed by atoms with E-state index in [0.717, 1.165) is 39.1 Å². The zero-order chi connectivity index (χ0) is 19.9. The first-order valence-corrected chi connectivity index (χ1v) is 9.29. The van der Waals surface area contributed by atoms with Gasteiger partial charge in [-0.3, -0.25) is 19.8 Å². The summed E-state index contributed by atoms with van der Waals surface area (Å²) in [6.07, 6.45) is 0.778. The van der Waals surface area contributed by atoms with Gasteiger partial charge in [-0.05, 0) is 31.2 Å². The molecule has 0 atom stereocenters. The Morgan fingerprint density at radius 2 is 1.86 bits per heavy atom. The van der Waals surface area contributed by atoms with E-state index in [-0.39, 0.29) is 23.0 Å². The minimum atomic E-state index is -0.516. The molecule has 1 amide bonds. The summed E-state index contributed by atoms with van der Waals surface area (Å²) in [4.78, 5) is 26.7. The summed E-state index contributed by atoms with van der Waals surface area (Å²) < 4.78 is 13.9. The molecule has 0 radical (unpaired) electrons. The van der Waals surface area contributed by atoms with Gasteiger partial charge in [0.1, 0.15) is 5.82 Å². The Bertz CT molecular complexity index is 838. The lowest BCUT2D eigenvalue weighted by molar-refractivity contribution is -0.384. The number of nitro benzene ring substituents is 1. The topological polar surface area (TPSA) is 78.7 Å². The molecule has 148 valence electrons. The summed E-state index contributed by atoms with van der Waals surface area (Å²) in [5.74, 6) is -0.507. The summed E-state index contributed by atoms with van der Waals surface area (Å²) in [6.45, 7) is 4.54. The molecule has 28 heavy (non-hydrogen) atoms. The van der Waals surface area contributed by atoms with E-state index in [1.165, 1.54) is 24.3 Å². The Morgan fingerprint density at radius 1 is 1.11 bits per heavy atom. The molecule has 1 N–H and O–H groups in total. The van der Waals surface area contributed by atoms with Crippen LogP contribution in [-0.2, 0) is 0 Å². The predicted molar refractivity (Wildman–Crippen MR) is 105 cm³/mol. The summed E-state index contributed by atoms with van der Waals surface area (Å²) >= 11 is 0. The highest BCUT2D eigenvalue weighted by atomic mass is 19.1. The van der Waals surface area contributed by atoms with Crippen molar-refractivity contribution in [3.8, 4) is 0 Å². The van der Waals surface area contributed by atoms with Crippen molar-refractivity contribution in [1.82, 2.24) is 10.2 Å². The van der Waals surface area contributed by atoms with Gasteiger partial charge < -0.3 is 10.2 Å². The molecular formula is C20H23FN4O3. The zero-order valence-electron chi connectivity index (χ0n) is 15.5. The van der Waals surface area contributed by atoms with Crippen LogP contribution in [0, 0.1) is 15.9 Å². The molecule has 0 aliphatic carbocycles. The number of anilines is 1. The number of carbonyl (C=O) groups excluding carboxylic acids is 1. The third-order valence-corrected chi connectivity index (χ3v) is 4.82. The van der Waals surface area contributed by atoms with Crippen molar-refractivity contribution in [2.75, 3.05) is 44.2 Å². The molecule has 1 saturated heterocycles. The molecule has 1 fully saturated rings. The van der Waals surface area contributed by atoms with Crippen LogP contribution in [0.15, 0.2) is 48.5 Å². The molecule has 0 bridgehead atoms. The third kappa shape index (κ3) is 5.04. The molecule has 3 rings (SSSR count). The number of piperazine rings is 1. The van der Waals surface area contributed by atoms with Crippen LogP contribution >= 0.6 is 0 Å². The van der Waals surface area contributed by atoms with E-state index >= 15 is 0 Å². The maximum Gasteiger partial charge on any atom is 0.270 e. The second kappa shape index (κ2) is 9.27. The predicted octanol–water partition coefficient (Wildman–Crippen LogP) is 2.68. The van der Waals surface area contributed by atoms with E-state index in [9.17, 15) is 19.3 Å². The first kappa shape index (κ1) is 19.8. The number of non-ortho nitro benzene ring substituents is 1. The van der Waals surface area contributed by atoms with Gasteiger partial charge >= 0.3 is 0 Å². The summed E-state index contributed by atoms with van der Waals surface area (Å²) in [5.41, 5.74) is 0.833. The monoisotopic (exact) mass is 386 g/mol. The van der Waals surface area contributed by atoms with Crippen molar-refractivity contribution in [1.29, 1.82) is 0 Å². The fourth-order valence-corrected chi connectivity index (χ4v) is 3.29. The van der Waals surface area contributed by atoms with Gasteiger partial charge in [-0.25, -0.2) is 4.39 Å². The van der Waals surface area contributed by atoms with Crippen LogP contribution in [0.4, 0.5) is 15.8 Å². The van der Waals surface area contributed by atoms with Gasteiger partial charge in [0.15, 0.2) is 0 Å². The van der Waals surface area contributed by atoms with Crippen molar-refractivity contribution < 1.29 is 14.1 Å². The van der Waals surface area contributed by atoms with Crippen molar-refractivity contribution in [2.45, 2.75) is 6.42 Å². The molecule has 0 saturated carbocycles. The van der Waals surface area contributed by atoms with Gasteiger partial charge in [0.2, 0.25) is 0 Å². The number of carbonyl (C=O) groups is 1. The van der Waals surface area contributed by atoms with E-state index in [1.807, 2.05) is 6.07 Å². The summed E-state index contributed by atoms with van der Waals surface area (Å²) in [6, 6.07) is 12.5. The van der Waals surface area contributed by atoms with E-state index in [4.69, 9.17) is 0 Å². The van der Waals surface area contributed by atoms with Crippen LogP contribution in [0.5, 0.6) is 0 Å². The van der Waals surface area contributed by atoms with Crippen LogP contribution in [0.2, 0.25) is 0 Å². The van der Waals surface area contributed by atoms with Crippen molar-refractivity contribution in [3.63, 3.8) is 0 Å². The Hall–Kier alpha value is -3.00. The van der Waals surface area contributed by atoms with Crippen molar-refractivity contribution in [2.24, 2.45) is 0 Å². The molecule has 1 aliphatic heterocycles. The van der Waals surface area contributed by atoms with Crippen LogP contribution in [0.3, 0.4) is 0 Å². The SMILES string of the molecule is O=C(NCCCN1CCN(c2ccccc2F)CC1)c1cccc([N+](=O)[O-])c1. The van der Waals surface area contributed by atoms with Crippen molar-refractivity contribution in [3.05, 3.63) is 70.0 Å². The quantitative estimate of drug-likeness (QED) is 0.450. The van der Waals surface area contributed by atoms with E-state index in [0.29, 0.717) is 12.2 Å². The number of hydrogen-bond donors (Lipinski definition) is 1. The summed E-state index contributed by atoms with van der Waals surface area (Å²) in [7, 11) is 0. The molecule has 0 aromatic heterocycles. The Kier molecular flexibility index (Phi) is 6.54. The number of nitro groups is 1. The minimum Gasteiger partial charge on any atom is -0.367 e. The number of nitrogens with zero attached hydrogens (tertiary/aromatic N) is 3. The van der Waals surface area contributed by atoms with E-state index < -0.39 is 4.92 Å². The standard InChI is InChI=1S/C20H23FN4O3/c21-18-7-1-2-8-19(18)24-13-11-23(12-14-24)10-4-9-22-20(26)16-5-3-6-17(15-16)25(27)28/h1-3,5-8,15H,4,9-14H2,(H,22,26). The maximum absolute atomic E-state index is 13.9. The highest BCUT2D eigenvalue weighted by molar-refractivity contribution is 5.94. The second-order valence-corrected chi connectivity index (χ2v) is 6.70. The van der Waals surface area contributed by atoms with Gasteiger partial charge in [-0.2, -0.15) is 0 Å². The smallest absolute Gasteiger partial charge is 0.270 e. The van der Waals surface area contributed by atoms with Gasteiger partial charge in [0.25, 0.3) is 11.6 Å². The lowest BCUT2D eigenvalue weighted by Gasteiger charge is -2.36. The third-order valence-electron chi connectivity index (χ3n) is 4.82. The number of halogens is 1. The fourth-order valence-electron chi connectivity index (χ4n) is 3.29. The molecule has 2 aromatic carbocycles. The number of rotatable bonds is 7. The Labute approximate surface area is 162 Å². The molecule has 8 heteroatoms. The highest BCUT2D eigenvalue weighted by Crippen LogP contribution is 2.20. The normalized spacial score (nSPS) is 14.7. The first-order valence-electron chi connectivity index (χ1n) is 9.29. The number of benzene rings is 2. The van der Waals surface area contributed by atoms with E-state index in [1.54, 1.807) is 18.2 Å². The number of hydrogen-bond acceptors (Lipinski definition) is 5.